The molecular weight excluding hydrogens is 284 g/mol. The molecule has 21 heavy (non-hydrogen) atoms. The number of hydrogen-bond acceptors (Lipinski definition) is 3. The molecule has 3 nitrogen and oxygen atoms in total. The summed E-state index contributed by atoms with van der Waals surface area (Å²) in [6, 6.07) is 14.7. The number of aliphatic hydroxyl groups excluding tert-OH is 1. The summed E-state index contributed by atoms with van der Waals surface area (Å²) in [5.41, 5.74) is 3.43. The van der Waals surface area contributed by atoms with E-state index in [0.29, 0.717) is 5.56 Å². The Kier molecular flexibility index (Phi) is 4.80. The predicted molar refractivity (Wildman–Crippen MR) is 84.8 cm³/mol. The molecular formula is C17H20O3S. The molecule has 4 heteroatoms. The quantitative estimate of drug-likeness (QED) is 0.924. The lowest BCUT2D eigenvalue weighted by molar-refractivity contribution is 0.201. The van der Waals surface area contributed by atoms with Crippen LogP contribution in [-0.2, 0) is 15.6 Å². The summed E-state index contributed by atoms with van der Waals surface area (Å²) < 4.78 is 24.4. The Hall–Kier alpha value is -1.65. The minimum atomic E-state index is -3.36. The molecule has 0 aromatic heterocycles. The molecule has 1 atom stereocenters. The van der Waals surface area contributed by atoms with Gasteiger partial charge in [0, 0.05) is 0 Å². The summed E-state index contributed by atoms with van der Waals surface area (Å²) >= 11 is 0. The number of sulfone groups is 1. The van der Waals surface area contributed by atoms with Crippen molar-refractivity contribution in [3.05, 3.63) is 70.8 Å². The van der Waals surface area contributed by atoms with Gasteiger partial charge in [0.2, 0.25) is 0 Å². The van der Waals surface area contributed by atoms with Gasteiger partial charge in [0.15, 0.2) is 9.84 Å². The van der Waals surface area contributed by atoms with Crippen molar-refractivity contribution in [1.29, 1.82) is 0 Å². The first-order chi connectivity index (χ1) is 9.85. The molecule has 0 aliphatic carbocycles. The van der Waals surface area contributed by atoms with Crippen molar-refractivity contribution in [2.24, 2.45) is 0 Å². The van der Waals surface area contributed by atoms with Crippen LogP contribution < -0.4 is 0 Å². The molecule has 2 aromatic carbocycles. The topological polar surface area (TPSA) is 54.4 Å². The lowest BCUT2D eigenvalue weighted by Gasteiger charge is -2.13. The largest absolute Gasteiger partial charge is 0.387 e. The molecule has 2 aromatic rings. The fourth-order valence-electron chi connectivity index (χ4n) is 2.43. The molecule has 0 bridgehead atoms. The minimum absolute atomic E-state index is 0.0459. The Balaban J connectivity index is 2.12. The minimum Gasteiger partial charge on any atom is -0.387 e. The van der Waals surface area contributed by atoms with Crippen LogP contribution in [0.15, 0.2) is 48.5 Å². The van der Waals surface area contributed by atoms with Gasteiger partial charge in [-0.15, -0.1) is 0 Å². The normalized spacial score (nSPS) is 13.1. The van der Waals surface area contributed by atoms with Crippen LogP contribution in [-0.4, -0.2) is 19.3 Å². The van der Waals surface area contributed by atoms with Crippen LogP contribution >= 0.6 is 0 Å². The van der Waals surface area contributed by atoms with E-state index in [4.69, 9.17) is 0 Å². The van der Waals surface area contributed by atoms with Crippen LogP contribution in [0.4, 0.5) is 0 Å². The first kappa shape index (κ1) is 15.7. The maximum Gasteiger partial charge on any atom is 0.157 e. The SMILES string of the molecule is Cc1cc(C)cc(C(O)CS(=O)(=O)Cc2ccccc2)c1. The van der Waals surface area contributed by atoms with Gasteiger partial charge in [0.1, 0.15) is 0 Å². The van der Waals surface area contributed by atoms with Crippen molar-refractivity contribution in [3.8, 4) is 0 Å². The van der Waals surface area contributed by atoms with Crippen molar-refractivity contribution in [2.45, 2.75) is 25.7 Å². The summed E-state index contributed by atoms with van der Waals surface area (Å²) in [4.78, 5) is 0. The fraction of sp³-hybridized carbons (Fsp3) is 0.294. The van der Waals surface area contributed by atoms with Gasteiger partial charge in [-0.05, 0) is 25.0 Å². The third-order valence-corrected chi connectivity index (χ3v) is 4.87. The molecule has 0 aliphatic rings. The van der Waals surface area contributed by atoms with Gasteiger partial charge in [0.05, 0.1) is 17.6 Å². The highest BCUT2D eigenvalue weighted by atomic mass is 32.2. The average molecular weight is 304 g/mol. The van der Waals surface area contributed by atoms with Gasteiger partial charge in [-0.3, -0.25) is 0 Å². The Morgan fingerprint density at radius 1 is 1.00 bits per heavy atom. The summed E-state index contributed by atoms with van der Waals surface area (Å²) in [6.07, 6.45) is -0.989. The van der Waals surface area contributed by atoms with Gasteiger partial charge in [-0.2, -0.15) is 0 Å². The van der Waals surface area contributed by atoms with E-state index < -0.39 is 15.9 Å². The summed E-state index contributed by atoms with van der Waals surface area (Å²) in [6.45, 7) is 3.86. The number of aryl methyl sites for hydroxylation is 2. The number of benzene rings is 2. The van der Waals surface area contributed by atoms with Gasteiger partial charge in [-0.25, -0.2) is 8.42 Å². The van der Waals surface area contributed by atoms with Crippen LogP contribution in [0.1, 0.15) is 28.4 Å². The first-order valence-electron chi connectivity index (χ1n) is 6.86. The summed E-state index contributed by atoms with van der Waals surface area (Å²) in [5, 5.41) is 10.2. The lowest BCUT2D eigenvalue weighted by atomic mass is 10.0. The number of hydrogen-bond donors (Lipinski definition) is 1. The maximum absolute atomic E-state index is 12.2. The van der Waals surface area contributed by atoms with Gasteiger partial charge in [-0.1, -0.05) is 59.7 Å². The van der Waals surface area contributed by atoms with E-state index in [2.05, 4.69) is 0 Å². The van der Waals surface area contributed by atoms with Crippen molar-refractivity contribution in [2.75, 3.05) is 5.75 Å². The zero-order valence-corrected chi connectivity index (χ0v) is 13.1. The molecule has 0 spiro atoms. The molecule has 2 rings (SSSR count). The van der Waals surface area contributed by atoms with E-state index in [9.17, 15) is 13.5 Å². The molecule has 0 heterocycles. The van der Waals surface area contributed by atoms with Crippen LogP contribution in [0.2, 0.25) is 0 Å². The van der Waals surface area contributed by atoms with Crippen molar-refractivity contribution in [3.63, 3.8) is 0 Å². The van der Waals surface area contributed by atoms with E-state index in [1.165, 1.54) is 0 Å². The lowest BCUT2D eigenvalue weighted by Crippen LogP contribution is -2.16. The molecule has 0 aliphatic heterocycles. The molecule has 0 amide bonds. The third kappa shape index (κ3) is 4.69. The fourth-order valence-corrected chi connectivity index (χ4v) is 3.92. The molecule has 0 fully saturated rings. The zero-order valence-electron chi connectivity index (χ0n) is 12.3. The standard InChI is InChI=1S/C17H20O3S/c1-13-8-14(2)10-16(9-13)17(18)12-21(19,20)11-15-6-4-3-5-7-15/h3-10,17-18H,11-12H2,1-2H3. The summed E-state index contributed by atoms with van der Waals surface area (Å²) in [5.74, 6) is -0.305. The molecule has 1 N–H and O–H groups in total. The second-order valence-corrected chi connectivity index (χ2v) is 7.59. The molecule has 0 radical (unpaired) electrons. The highest BCUT2D eigenvalue weighted by molar-refractivity contribution is 7.90. The predicted octanol–water partition coefficient (Wildman–Crippen LogP) is 2.95. The Morgan fingerprint density at radius 3 is 2.14 bits per heavy atom. The smallest absolute Gasteiger partial charge is 0.157 e. The average Bonchev–Trinajstić information content (AvgIpc) is 2.37. The van der Waals surface area contributed by atoms with E-state index in [-0.39, 0.29) is 11.5 Å². The monoisotopic (exact) mass is 304 g/mol. The molecule has 0 saturated carbocycles. The first-order valence-corrected chi connectivity index (χ1v) is 8.68. The molecule has 112 valence electrons. The number of rotatable bonds is 5. The van der Waals surface area contributed by atoms with Crippen molar-refractivity contribution >= 4 is 9.84 Å². The van der Waals surface area contributed by atoms with Crippen LogP contribution in [0, 0.1) is 13.8 Å². The maximum atomic E-state index is 12.2. The zero-order chi connectivity index (χ0) is 15.5. The second kappa shape index (κ2) is 6.41. The van der Waals surface area contributed by atoms with E-state index in [0.717, 1.165) is 16.7 Å². The van der Waals surface area contributed by atoms with Gasteiger partial charge >= 0.3 is 0 Å². The van der Waals surface area contributed by atoms with Crippen LogP contribution in [0.25, 0.3) is 0 Å². The van der Waals surface area contributed by atoms with Gasteiger partial charge in [0.25, 0.3) is 0 Å². The molecule has 0 saturated heterocycles. The van der Waals surface area contributed by atoms with Gasteiger partial charge < -0.3 is 5.11 Å². The summed E-state index contributed by atoms with van der Waals surface area (Å²) in [7, 11) is -3.36. The van der Waals surface area contributed by atoms with E-state index >= 15 is 0 Å². The Labute approximate surface area is 126 Å². The third-order valence-electron chi connectivity index (χ3n) is 3.27. The van der Waals surface area contributed by atoms with E-state index in [1.807, 2.05) is 50.2 Å². The van der Waals surface area contributed by atoms with Crippen molar-refractivity contribution in [1.82, 2.24) is 0 Å². The Bertz CT molecular complexity index is 686. The van der Waals surface area contributed by atoms with Crippen LogP contribution in [0.3, 0.4) is 0 Å². The Morgan fingerprint density at radius 2 is 1.57 bits per heavy atom. The van der Waals surface area contributed by atoms with E-state index in [1.54, 1.807) is 12.1 Å². The van der Waals surface area contributed by atoms with Crippen molar-refractivity contribution < 1.29 is 13.5 Å². The second-order valence-electron chi connectivity index (χ2n) is 5.48. The molecule has 1 unspecified atom stereocenters. The highest BCUT2D eigenvalue weighted by Gasteiger charge is 2.19. The number of aliphatic hydroxyl groups is 1. The highest BCUT2D eigenvalue weighted by Crippen LogP contribution is 2.20. The van der Waals surface area contributed by atoms with Crippen LogP contribution in [0.5, 0.6) is 0 Å².